The Labute approximate surface area is 111 Å². The second-order valence-corrected chi connectivity index (χ2v) is 4.04. The summed E-state index contributed by atoms with van der Waals surface area (Å²) in [4.78, 5) is 16.1. The molecule has 0 aliphatic rings. The van der Waals surface area contributed by atoms with Crippen molar-refractivity contribution in [2.75, 3.05) is 6.61 Å². The molecule has 19 heavy (non-hydrogen) atoms. The number of carbonyl (C=O) groups is 1. The van der Waals surface area contributed by atoms with Gasteiger partial charge in [-0.2, -0.15) is 0 Å². The fourth-order valence-electron chi connectivity index (χ4n) is 1.89. The Balaban J connectivity index is 2.54. The predicted octanol–water partition coefficient (Wildman–Crippen LogP) is 1.88. The SMILES string of the molecule is CCOC(=O)[C@@](O)(c1ccccc1)c1cccnc1. The van der Waals surface area contributed by atoms with Gasteiger partial charge in [-0.1, -0.05) is 36.4 Å². The first kappa shape index (κ1) is 13.2. The van der Waals surface area contributed by atoms with E-state index in [1.807, 2.05) is 6.07 Å². The molecule has 98 valence electrons. The smallest absolute Gasteiger partial charge is 0.347 e. The monoisotopic (exact) mass is 257 g/mol. The third kappa shape index (κ3) is 2.48. The van der Waals surface area contributed by atoms with Crippen molar-refractivity contribution in [3.63, 3.8) is 0 Å². The summed E-state index contributed by atoms with van der Waals surface area (Å²) in [6.45, 7) is 1.90. The number of hydrogen-bond acceptors (Lipinski definition) is 4. The first-order chi connectivity index (χ1) is 9.19. The molecule has 0 spiro atoms. The molecular formula is C15H15NO3. The maximum Gasteiger partial charge on any atom is 0.347 e. The molecule has 4 heteroatoms. The summed E-state index contributed by atoms with van der Waals surface area (Å²) in [6.07, 6.45) is 3.05. The van der Waals surface area contributed by atoms with E-state index in [0.29, 0.717) is 11.1 Å². The average molecular weight is 257 g/mol. The number of ether oxygens (including phenoxy) is 1. The molecule has 0 aliphatic carbocycles. The highest BCUT2D eigenvalue weighted by atomic mass is 16.5. The molecule has 0 aliphatic heterocycles. The topological polar surface area (TPSA) is 59.4 Å². The zero-order chi connectivity index (χ0) is 13.7. The van der Waals surface area contributed by atoms with Crippen molar-refractivity contribution in [2.24, 2.45) is 0 Å². The second kappa shape index (κ2) is 5.63. The number of hydrogen-bond donors (Lipinski definition) is 1. The Morgan fingerprint density at radius 1 is 1.21 bits per heavy atom. The lowest BCUT2D eigenvalue weighted by Crippen LogP contribution is -2.38. The third-order valence-electron chi connectivity index (χ3n) is 2.84. The van der Waals surface area contributed by atoms with Gasteiger partial charge < -0.3 is 9.84 Å². The van der Waals surface area contributed by atoms with E-state index >= 15 is 0 Å². The largest absolute Gasteiger partial charge is 0.463 e. The number of rotatable bonds is 4. The number of nitrogens with zero attached hydrogens (tertiary/aromatic N) is 1. The molecule has 0 amide bonds. The number of pyridine rings is 1. The third-order valence-corrected chi connectivity index (χ3v) is 2.84. The second-order valence-electron chi connectivity index (χ2n) is 4.04. The van der Waals surface area contributed by atoms with Crippen molar-refractivity contribution in [3.8, 4) is 0 Å². The van der Waals surface area contributed by atoms with Crippen LogP contribution in [0.15, 0.2) is 54.9 Å². The van der Waals surface area contributed by atoms with Crippen molar-refractivity contribution < 1.29 is 14.6 Å². The van der Waals surface area contributed by atoms with Gasteiger partial charge >= 0.3 is 5.97 Å². The van der Waals surface area contributed by atoms with Gasteiger partial charge in [0.05, 0.1) is 6.61 Å². The lowest BCUT2D eigenvalue weighted by molar-refractivity contribution is -0.161. The van der Waals surface area contributed by atoms with Crippen LogP contribution in [0.2, 0.25) is 0 Å². The highest BCUT2D eigenvalue weighted by Gasteiger charge is 2.41. The highest BCUT2D eigenvalue weighted by Crippen LogP contribution is 2.30. The molecule has 1 aromatic carbocycles. The normalized spacial score (nSPS) is 13.6. The van der Waals surface area contributed by atoms with E-state index in [2.05, 4.69) is 4.98 Å². The first-order valence-corrected chi connectivity index (χ1v) is 6.05. The molecule has 1 heterocycles. The molecule has 0 saturated carbocycles. The van der Waals surface area contributed by atoms with Crippen LogP contribution in [0.4, 0.5) is 0 Å². The zero-order valence-corrected chi connectivity index (χ0v) is 10.6. The summed E-state index contributed by atoms with van der Waals surface area (Å²) in [5.74, 6) is -0.700. The van der Waals surface area contributed by atoms with Crippen LogP contribution in [-0.2, 0) is 15.1 Å². The Morgan fingerprint density at radius 3 is 2.47 bits per heavy atom. The summed E-state index contributed by atoms with van der Waals surface area (Å²) in [5.41, 5.74) is -0.980. The van der Waals surface area contributed by atoms with Crippen LogP contribution in [0.1, 0.15) is 18.1 Å². The fourth-order valence-corrected chi connectivity index (χ4v) is 1.89. The van der Waals surface area contributed by atoms with E-state index in [-0.39, 0.29) is 6.61 Å². The summed E-state index contributed by atoms with van der Waals surface area (Å²) >= 11 is 0. The van der Waals surface area contributed by atoms with Crippen molar-refractivity contribution >= 4 is 5.97 Å². The minimum absolute atomic E-state index is 0.203. The van der Waals surface area contributed by atoms with Crippen molar-refractivity contribution in [3.05, 3.63) is 66.0 Å². The number of esters is 1. The molecule has 0 bridgehead atoms. The van der Waals surface area contributed by atoms with Crippen LogP contribution in [0.25, 0.3) is 0 Å². The number of carbonyl (C=O) groups excluding carboxylic acids is 1. The van der Waals surface area contributed by atoms with Crippen molar-refractivity contribution in [1.82, 2.24) is 4.98 Å². The predicted molar refractivity (Wildman–Crippen MR) is 70.3 cm³/mol. The fraction of sp³-hybridized carbons (Fsp3) is 0.200. The molecule has 4 nitrogen and oxygen atoms in total. The maximum absolute atomic E-state index is 12.2. The van der Waals surface area contributed by atoms with E-state index < -0.39 is 11.6 Å². The molecule has 0 unspecified atom stereocenters. The molecule has 0 radical (unpaired) electrons. The Kier molecular flexibility index (Phi) is 3.92. The number of benzene rings is 1. The lowest BCUT2D eigenvalue weighted by atomic mass is 9.87. The first-order valence-electron chi connectivity index (χ1n) is 6.05. The van der Waals surface area contributed by atoms with Gasteiger partial charge in [-0.3, -0.25) is 4.98 Å². The van der Waals surface area contributed by atoms with E-state index in [1.165, 1.54) is 6.20 Å². The molecule has 1 N–H and O–H groups in total. The van der Waals surface area contributed by atoms with Crippen LogP contribution < -0.4 is 0 Å². The van der Waals surface area contributed by atoms with Gasteiger partial charge in [-0.05, 0) is 18.6 Å². The zero-order valence-electron chi connectivity index (χ0n) is 10.6. The van der Waals surface area contributed by atoms with Gasteiger partial charge in [0.25, 0.3) is 0 Å². The molecule has 2 aromatic rings. The molecule has 0 fully saturated rings. The quantitative estimate of drug-likeness (QED) is 0.850. The lowest BCUT2D eigenvalue weighted by Gasteiger charge is -2.26. The van der Waals surface area contributed by atoms with Crippen molar-refractivity contribution in [1.29, 1.82) is 0 Å². The van der Waals surface area contributed by atoms with Crippen LogP contribution in [0, 0.1) is 0 Å². The van der Waals surface area contributed by atoms with Gasteiger partial charge in [-0.15, -0.1) is 0 Å². The Morgan fingerprint density at radius 2 is 1.89 bits per heavy atom. The maximum atomic E-state index is 12.2. The molecule has 2 rings (SSSR count). The Hall–Kier alpha value is -2.20. The molecule has 1 aromatic heterocycles. The van der Waals surface area contributed by atoms with Gasteiger partial charge in [0.2, 0.25) is 5.60 Å². The highest BCUT2D eigenvalue weighted by molar-refractivity contribution is 5.85. The van der Waals surface area contributed by atoms with E-state index in [0.717, 1.165) is 0 Å². The summed E-state index contributed by atoms with van der Waals surface area (Å²) in [5, 5.41) is 10.8. The van der Waals surface area contributed by atoms with E-state index in [9.17, 15) is 9.90 Å². The van der Waals surface area contributed by atoms with Crippen LogP contribution in [-0.4, -0.2) is 22.7 Å². The standard InChI is InChI=1S/C15H15NO3/c1-2-19-14(17)15(18,12-7-4-3-5-8-12)13-9-6-10-16-11-13/h3-11,18H,2H2,1H3/t15-/m1/s1. The summed E-state index contributed by atoms with van der Waals surface area (Å²) in [6, 6.07) is 12.0. The van der Waals surface area contributed by atoms with Crippen LogP contribution in [0.5, 0.6) is 0 Å². The van der Waals surface area contributed by atoms with Gasteiger partial charge in [0, 0.05) is 18.0 Å². The number of aliphatic hydroxyl groups is 1. The molecule has 1 atom stereocenters. The Bertz CT molecular complexity index is 500. The minimum atomic E-state index is -1.83. The molecular weight excluding hydrogens is 242 g/mol. The number of aromatic nitrogens is 1. The summed E-state index contributed by atoms with van der Waals surface area (Å²) in [7, 11) is 0. The average Bonchev–Trinajstić information content (AvgIpc) is 2.48. The van der Waals surface area contributed by atoms with Gasteiger partial charge in [0.15, 0.2) is 0 Å². The molecule has 0 saturated heterocycles. The minimum Gasteiger partial charge on any atom is -0.463 e. The van der Waals surface area contributed by atoms with E-state index in [4.69, 9.17) is 4.74 Å². The van der Waals surface area contributed by atoms with Gasteiger partial charge in [0.1, 0.15) is 0 Å². The van der Waals surface area contributed by atoms with Crippen molar-refractivity contribution in [2.45, 2.75) is 12.5 Å². The van der Waals surface area contributed by atoms with E-state index in [1.54, 1.807) is 49.5 Å². The van der Waals surface area contributed by atoms with Gasteiger partial charge in [-0.25, -0.2) is 4.79 Å². The van der Waals surface area contributed by atoms with Crippen LogP contribution in [0.3, 0.4) is 0 Å². The summed E-state index contributed by atoms with van der Waals surface area (Å²) < 4.78 is 5.00. The van der Waals surface area contributed by atoms with Crippen LogP contribution >= 0.6 is 0 Å².